The van der Waals surface area contributed by atoms with Crippen molar-refractivity contribution in [2.45, 2.75) is 25.6 Å². The molecule has 0 saturated carbocycles. The van der Waals surface area contributed by atoms with Gasteiger partial charge in [0.2, 0.25) is 0 Å². The van der Waals surface area contributed by atoms with Gasteiger partial charge in [-0.2, -0.15) is 0 Å². The van der Waals surface area contributed by atoms with Gasteiger partial charge in [-0.25, -0.2) is 0 Å². The topological polar surface area (TPSA) is 57.2 Å². The number of hydrogen-bond donors (Lipinski definition) is 0. The van der Waals surface area contributed by atoms with Crippen molar-refractivity contribution in [2.75, 3.05) is 34.4 Å². The molecule has 1 amide bonds. The maximum atomic E-state index is 13.0. The van der Waals surface area contributed by atoms with Crippen molar-refractivity contribution in [1.29, 1.82) is 0 Å². The molecule has 1 aliphatic rings. The van der Waals surface area contributed by atoms with Crippen LogP contribution in [0.5, 0.6) is 17.2 Å². The first-order chi connectivity index (χ1) is 13.6. The number of amides is 1. The van der Waals surface area contributed by atoms with Crippen LogP contribution in [0, 0.1) is 0 Å². The minimum Gasteiger partial charge on any atom is -0.497 e. The molecule has 0 aliphatic carbocycles. The smallest absolute Gasteiger partial charge is 0.254 e. The van der Waals surface area contributed by atoms with E-state index < -0.39 is 0 Å². The van der Waals surface area contributed by atoms with Gasteiger partial charge < -0.3 is 23.8 Å². The molecule has 0 aromatic heterocycles. The normalized spacial score (nSPS) is 16.5. The maximum Gasteiger partial charge on any atom is 0.254 e. The van der Waals surface area contributed by atoms with Crippen LogP contribution in [0.4, 0.5) is 0 Å². The summed E-state index contributed by atoms with van der Waals surface area (Å²) in [6.45, 7) is 1.79. The van der Waals surface area contributed by atoms with E-state index in [0.717, 1.165) is 30.7 Å². The Morgan fingerprint density at radius 1 is 1.00 bits per heavy atom. The molecule has 1 fully saturated rings. The van der Waals surface area contributed by atoms with Crippen LogP contribution >= 0.6 is 0 Å². The molecule has 1 saturated heterocycles. The minimum absolute atomic E-state index is 0.0106. The number of nitrogens with zero attached hydrogens (tertiary/aromatic N) is 1. The summed E-state index contributed by atoms with van der Waals surface area (Å²) in [6, 6.07) is 13.1. The molecular weight excluding hydrogens is 358 g/mol. The standard InChI is InChI=1S/C22H27NO5/c1-25-18-7-4-6-16(10-18)15-28-19-8-5-9-23(14-19)22(24)17-11-20(26-2)13-21(12-17)27-3/h4,6-7,10-13,19H,5,8-9,14-15H2,1-3H3. The molecule has 0 N–H and O–H groups in total. The summed E-state index contributed by atoms with van der Waals surface area (Å²) < 4.78 is 21.9. The van der Waals surface area contributed by atoms with Crippen LogP contribution in [0.15, 0.2) is 42.5 Å². The third-order valence-electron chi connectivity index (χ3n) is 4.88. The number of carbonyl (C=O) groups excluding carboxylic acids is 1. The molecule has 0 bridgehead atoms. The Morgan fingerprint density at radius 3 is 2.39 bits per heavy atom. The number of benzene rings is 2. The van der Waals surface area contributed by atoms with Crippen molar-refractivity contribution in [1.82, 2.24) is 4.90 Å². The van der Waals surface area contributed by atoms with E-state index in [0.29, 0.717) is 30.2 Å². The molecular formula is C22H27NO5. The highest BCUT2D eigenvalue weighted by Gasteiger charge is 2.25. The SMILES string of the molecule is COc1cccc(COC2CCCN(C(=O)c3cc(OC)cc(OC)c3)C2)c1. The third-order valence-corrected chi connectivity index (χ3v) is 4.88. The fraction of sp³-hybridized carbons (Fsp3) is 0.409. The first-order valence-electron chi connectivity index (χ1n) is 9.40. The van der Waals surface area contributed by atoms with Gasteiger partial charge in [0.25, 0.3) is 5.91 Å². The Balaban J connectivity index is 1.63. The molecule has 6 heteroatoms. The Morgan fingerprint density at radius 2 is 1.71 bits per heavy atom. The quantitative estimate of drug-likeness (QED) is 0.730. The van der Waals surface area contributed by atoms with Gasteiger partial charge in [-0.1, -0.05) is 12.1 Å². The first kappa shape index (κ1) is 20.0. The van der Waals surface area contributed by atoms with Crippen LogP contribution in [0.2, 0.25) is 0 Å². The maximum absolute atomic E-state index is 13.0. The summed E-state index contributed by atoms with van der Waals surface area (Å²) in [4.78, 5) is 14.8. The Kier molecular flexibility index (Phi) is 6.76. The summed E-state index contributed by atoms with van der Waals surface area (Å²) in [6.07, 6.45) is 1.86. The van der Waals surface area contributed by atoms with E-state index in [-0.39, 0.29) is 12.0 Å². The fourth-order valence-electron chi connectivity index (χ4n) is 3.35. The monoisotopic (exact) mass is 385 g/mol. The average molecular weight is 385 g/mol. The summed E-state index contributed by atoms with van der Waals surface area (Å²) in [5, 5.41) is 0. The molecule has 1 aliphatic heterocycles. The molecule has 1 unspecified atom stereocenters. The van der Waals surface area contributed by atoms with Crippen LogP contribution in [0.25, 0.3) is 0 Å². The van der Waals surface area contributed by atoms with Crippen LogP contribution in [0.3, 0.4) is 0 Å². The lowest BCUT2D eigenvalue weighted by atomic mass is 10.1. The van der Waals surface area contributed by atoms with E-state index in [1.165, 1.54) is 0 Å². The van der Waals surface area contributed by atoms with Crippen molar-refractivity contribution in [3.05, 3.63) is 53.6 Å². The molecule has 150 valence electrons. The first-order valence-corrected chi connectivity index (χ1v) is 9.40. The van der Waals surface area contributed by atoms with Crippen LogP contribution in [0.1, 0.15) is 28.8 Å². The molecule has 2 aromatic rings. The lowest BCUT2D eigenvalue weighted by Crippen LogP contribution is -2.43. The van der Waals surface area contributed by atoms with E-state index in [4.69, 9.17) is 18.9 Å². The second kappa shape index (κ2) is 9.46. The van der Waals surface area contributed by atoms with Crippen LogP contribution in [-0.2, 0) is 11.3 Å². The van der Waals surface area contributed by atoms with Gasteiger partial charge in [-0.05, 0) is 42.7 Å². The van der Waals surface area contributed by atoms with E-state index in [2.05, 4.69) is 0 Å². The number of hydrogen-bond acceptors (Lipinski definition) is 5. The Hall–Kier alpha value is -2.73. The van der Waals surface area contributed by atoms with E-state index in [1.54, 1.807) is 39.5 Å². The zero-order valence-corrected chi connectivity index (χ0v) is 16.6. The van der Waals surface area contributed by atoms with Crippen molar-refractivity contribution >= 4 is 5.91 Å². The molecule has 3 rings (SSSR count). The molecule has 1 heterocycles. The number of likely N-dealkylation sites (tertiary alicyclic amines) is 1. The minimum atomic E-state index is -0.0353. The molecule has 0 spiro atoms. The largest absolute Gasteiger partial charge is 0.497 e. The zero-order chi connectivity index (χ0) is 19.9. The number of methoxy groups -OCH3 is 3. The summed E-state index contributed by atoms with van der Waals surface area (Å²) >= 11 is 0. The highest BCUT2D eigenvalue weighted by molar-refractivity contribution is 5.95. The van der Waals surface area contributed by atoms with Gasteiger partial charge in [-0.15, -0.1) is 0 Å². The van der Waals surface area contributed by atoms with Crippen LogP contribution in [-0.4, -0.2) is 51.3 Å². The van der Waals surface area contributed by atoms with Crippen molar-refractivity contribution in [2.24, 2.45) is 0 Å². The van der Waals surface area contributed by atoms with E-state index in [9.17, 15) is 4.79 Å². The molecule has 28 heavy (non-hydrogen) atoms. The lowest BCUT2D eigenvalue weighted by Gasteiger charge is -2.33. The average Bonchev–Trinajstić information content (AvgIpc) is 2.77. The van der Waals surface area contributed by atoms with E-state index >= 15 is 0 Å². The highest BCUT2D eigenvalue weighted by Crippen LogP contribution is 2.25. The predicted octanol–water partition coefficient (Wildman–Crippen LogP) is 3.53. The van der Waals surface area contributed by atoms with Gasteiger partial charge in [0.1, 0.15) is 17.2 Å². The molecule has 0 radical (unpaired) electrons. The number of piperidine rings is 1. The van der Waals surface area contributed by atoms with Gasteiger partial charge in [0, 0.05) is 24.7 Å². The van der Waals surface area contributed by atoms with Crippen molar-refractivity contribution in [3.63, 3.8) is 0 Å². The van der Waals surface area contributed by atoms with Gasteiger partial charge in [0.05, 0.1) is 34.0 Å². The van der Waals surface area contributed by atoms with Gasteiger partial charge >= 0.3 is 0 Å². The fourth-order valence-corrected chi connectivity index (χ4v) is 3.35. The third kappa shape index (κ3) is 4.95. The van der Waals surface area contributed by atoms with Crippen molar-refractivity contribution < 1.29 is 23.7 Å². The summed E-state index contributed by atoms with van der Waals surface area (Å²) in [7, 11) is 4.80. The zero-order valence-electron chi connectivity index (χ0n) is 16.6. The number of carbonyl (C=O) groups is 1. The van der Waals surface area contributed by atoms with Crippen molar-refractivity contribution in [3.8, 4) is 17.2 Å². The molecule has 1 atom stereocenters. The Bertz CT molecular complexity index is 785. The molecule has 6 nitrogen and oxygen atoms in total. The summed E-state index contributed by atoms with van der Waals surface area (Å²) in [5.41, 5.74) is 1.62. The highest BCUT2D eigenvalue weighted by atomic mass is 16.5. The second-order valence-electron chi connectivity index (χ2n) is 6.78. The predicted molar refractivity (Wildman–Crippen MR) is 106 cm³/mol. The number of rotatable bonds is 7. The number of ether oxygens (including phenoxy) is 4. The molecule has 2 aromatic carbocycles. The summed E-state index contributed by atoms with van der Waals surface area (Å²) in [5.74, 6) is 1.98. The Labute approximate surface area is 166 Å². The van der Waals surface area contributed by atoms with Gasteiger partial charge in [0.15, 0.2) is 0 Å². The second-order valence-corrected chi connectivity index (χ2v) is 6.78. The lowest BCUT2D eigenvalue weighted by molar-refractivity contribution is -0.00678. The van der Waals surface area contributed by atoms with Gasteiger partial charge in [-0.3, -0.25) is 4.79 Å². The van der Waals surface area contributed by atoms with Crippen LogP contribution < -0.4 is 14.2 Å². The van der Waals surface area contributed by atoms with E-state index in [1.807, 2.05) is 29.2 Å².